The maximum absolute atomic E-state index is 12.2. The van der Waals surface area contributed by atoms with Crippen LogP contribution in [-0.2, 0) is 4.74 Å². The van der Waals surface area contributed by atoms with Gasteiger partial charge in [-0.05, 0) is 31.5 Å². The minimum absolute atomic E-state index is 0.182. The molecular formula is C13H16N2O3. The molecule has 0 aliphatic carbocycles. The number of nitrogens with zero attached hydrogens (tertiary/aromatic N) is 1. The second-order valence-corrected chi connectivity index (χ2v) is 4.42. The Morgan fingerprint density at radius 1 is 1.28 bits per heavy atom. The minimum Gasteiger partial charge on any atom is -0.399 e. The molecule has 2 N–H and O–H groups in total. The standard InChI is InChI=1S/C13H16N2O3/c1-8(5-6-18-2)15-12(16)10-4-3-9(14)7-11(10)13(15)17/h3-4,7-8H,5-6,14H2,1-2H3. The van der Waals surface area contributed by atoms with Crippen LogP contribution < -0.4 is 5.73 Å². The molecule has 0 saturated carbocycles. The molecule has 5 heteroatoms. The number of amides is 2. The number of ether oxygens (including phenoxy) is 1. The van der Waals surface area contributed by atoms with Crippen molar-refractivity contribution in [1.29, 1.82) is 0 Å². The first-order valence-corrected chi connectivity index (χ1v) is 5.82. The molecule has 1 aromatic rings. The molecule has 0 aromatic heterocycles. The van der Waals surface area contributed by atoms with Gasteiger partial charge in [-0.2, -0.15) is 0 Å². The van der Waals surface area contributed by atoms with Crippen molar-refractivity contribution >= 4 is 17.5 Å². The Bertz CT molecular complexity index is 499. The number of carbonyl (C=O) groups excluding carboxylic acids is 2. The second-order valence-electron chi connectivity index (χ2n) is 4.42. The Balaban J connectivity index is 2.28. The van der Waals surface area contributed by atoms with Crippen LogP contribution in [0.4, 0.5) is 5.69 Å². The minimum atomic E-state index is -0.272. The number of hydrogen-bond donors (Lipinski definition) is 1. The van der Waals surface area contributed by atoms with Gasteiger partial charge in [0, 0.05) is 25.4 Å². The van der Waals surface area contributed by atoms with Crippen molar-refractivity contribution in [3.8, 4) is 0 Å². The van der Waals surface area contributed by atoms with Crippen molar-refractivity contribution < 1.29 is 14.3 Å². The Kier molecular flexibility index (Phi) is 3.34. The first-order valence-electron chi connectivity index (χ1n) is 5.82. The van der Waals surface area contributed by atoms with Gasteiger partial charge in [0.1, 0.15) is 0 Å². The molecule has 1 unspecified atom stereocenters. The van der Waals surface area contributed by atoms with E-state index in [0.717, 1.165) is 0 Å². The quantitative estimate of drug-likeness (QED) is 0.643. The number of nitrogens with two attached hydrogens (primary N) is 1. The van der Waals surface area contributed by atoms with Gasteiger partial charge >= 0.3 is 0 Å². The zero-order valence-electron chi connectivity index (χ0n) is 10.5. The molecule has 2 amide bonds. The summed E-state index contributed by atoms with van der Waals surface area (Å²) < 4.78 is 4.97. The highest BCUT2D eigenvalue weighted by atomic mass is 16.5. The monoisotopic (exact) mass is 248 g/mol. The van der Waals surface area contributed by atoms with E-state index < -0.39 is 0 Å². The molecule has 0 spiro atoms. The molecule has 96 valence electrons. The number of rotatable bonds is 4. The lowest BCUT2D eigenvalue weighted by Crippen LogP contribution is -2.38. The fourth-order valence-corrected chi connectivity index (χ4v) is 2.09. The average Bonchev–Trinajstić information content (AvgIpc) is 2.59. The summed E-state index contributed by atoms with van der Waals surface area (Å²) >= 11 is 0. The Hall–Kier alpha value is -1.88. The van der Waals surface area contributed by atoms with Crippen LogP contribution in [0, 0.1) is 0 Å². The van der Waals surface area contributed by atoms with Crippen LogP contribution in [0.3, 0.4) is 0 Å². The third-order valence-electron chi connectivity index (χ3n) is 3.12. The van der Waals surface area contributed by atoms with Crippen LogP contribution >= 0.6 is 0 Å². The Morgan fingerprint density at radius 2 is 1.94 bits per heavy atom. The average molecular weight is 248 g/mol. The van der Waals surface area contributed by atoms with Gasteiger partial charge in [0.25, 0.3) is 11.8 Å². The molecule has 0 radical (unpaired) electrons. The molecule has 0 fully saturated rings. The molecule has 2 rings (SSSR count). The zero-order chi connectivity index (χ0) is 13.3. The highest BCUT2D eigenvalue weighted by molar-refractivity contribution is 6.21. The molecule has 1 heterocycles. The zero-order valence-corrected chi connectivity index (χ0v) is 10.5. The molecule has 5 nitrogen and oxygen atoms in total. The van der Waals surface area contributed by atoms with Crippen molar-refractivity contribution in [3.63, 3.8) is 0 Å². The SMILES string of the molecule is COCCC(C)N1C(=O)c2ccc(N)cc2C1=O. The maximum Gasteiger partial charge on any atom is 0.261 e. The predicted molar refractivity (Wildman–Crippen MR) is 67.3 cm³/mol. The van der Waals surface area contributed by atoms with Crippen molar-refractivity contribution in [2.75, 3.05) is 19.5 Å². The van der Waals surface area contributed by atoms with E-state index >= 15 is 0 Å². The lowest BCUT2D eigenvalue weighted by atomic mass is 10.1. The molecule has 1 aromatic carbocycles. The summed E-state index contributed by atoms with van der Waals surface area (Å²) in [6.45, 7) is 2.35. The summed E-state index contributed by atoms with van der Waals surface area (Å²) in [6, 6.07) is 4.61. The molecule has 0 saturated heterocycles. The third-order valence-corrected chi connectivity index (χ3v) is 3.12. The third kappa shape index (κ3) is 1.97. The van der Waals surface area contributed by atoms with Crippen LogP contribution in [-0.4, -0.2) is 36.5 Å². The van der Waals surface area contributed by atoms with Crippen LogP contribution in [0.25, 0.3) is 0 Å². The van der Waals surface area contributed by atoms with Crippen LogP contribution in [0.15, 0.2) is 18.2 Å². The summed E-state index contributed by atoms with van der Waals surface area (Å²) in [6.07, 6.45) is 0.622. The first-order chi connectivity index (χ1) is 8.56. The molecule has 1 aliphatic rings. The van der Waals surface area contributed by atoms with Crippen LogP contribution in [0.1, 0.15) is 34.1 Å². The fourth-order valence-electron chi connectivity index (χ4n) is 2.09. The van der Waals surface area contributed by atoms with Gasteiger partial charge in [0.15, 0.2) is 0 Å². The second kappa shape index (κ2) is 4.78. The highest BCUT2D eigenvalue weighted by Crippen LogP contribution is 2.27. The predicted octanol–water partition coefficient (Wildman–Crippen LogP) is 1.29. The van der Waals surface area contributed by atoms with E-state index in [0.29, 0.717) is 29.8 Å². The topological polar surface area (TPSA) is 72.6 Å². The van der Waals surface area contributed by atoms with E-state index in [-0.39, 0.29) is 17.9 Å². The maximum atomic E-state index is 12.2. The van der Waals surface area contributed by atoms with Gasteiger partial charge in [-0.3, -0.25) is 14.5 Å². The van der Waals surface area contributed by atoms with Crippen molar-refractivity contribution in [3.05, 3.63) is 29.3 Å². The molecule has 0 bridgehead atoms. The number of hydrogen-bond acceptors (Lipinski definition) is 4. The van der Waals surface area contributed by atoms with Gasteiger partial charge < -0.3 is 10.5 Å². The highest BCUT2D eigenvalue weighted by Gasteiger charge is 2.38. The van der Waals surface area contributed by atoms with E-state index in [1.807, 2.05) is 6.92 Å². The van der Waals surface area contributed by atoms with Gasteiger partial charge in [-0.1, -0.05) is 0 Å². The number of anilines is 1. The van der Waals surface area contributed by atoms with Gasteiger partial charge in [0.2, 0.25) is 0 Å². The van der Waals surface area contributed by atoms with Gasteiger partial charge in [-0.15, -0.1) is 0 Å². The van der Waals surface area contributed by atoms with Crippen molar-refractivity contribution in [2.45, 2.75) is 19.4 Å². The number of methoxy groups -OCH3 is 1. The summed E-state index contributed by atoms with van der Waals surface area (Å²) in [7, 11) is 1.59. The lowest BCUT2D eigenvalue weighted by Gasteiger charge is -2.21. The first kappa shape index (κ1) is 12.6. The summed E-state index contributed by atoms with van der Waals surface area (Å²) in [5.74, 6) is -0.524. The van der Waals surface area contributed by atoms with E-state index in [9.17, 15) is 9.59 Å². The lowest BCUT2D eigenvalue weighted by molar-refractivity contribution is 0.0565. The van der Waals surface area contributed by atoms with E-state index in [1.165, 1.54) is 4.90 Å². The van der Waals surface area contributed by atoms with E-state index in [2.05, 4.69) is 0 Å². The van der Waals surface area contributed by atoms with Crippen molar-refractivity contribution in [1.82, 2.24) is 4.90 Å². The van der Waals surface area contributed by atoms with Gasteiger partial charge in [0.05, 0.1) is 11.1 Å². The molecular weight excluding hydrogens is 232 g/mol. The molecule has 18 heavy (non-hydrogen) atoms. The van der Waals surface area contributed by atoms with Gasteiger partial charge in [-0.25, -0.2) is 0 Å². The number of benzene rings is 1. The number of imide groups is 1. The Labute approximate surface area is 106 Å². The summed E-state index contributed by atoms with van der Waals surface area (Å²) in [4.78, 5) is 25.6. The van der Waals surface area contributed by atoms with E-state index in [4.69, 9.17) is 10.5 Å². The van der Waals surface area contributed by atoms with Crippen LogP contribution in [0.2, 0.25) is 0 Å². The number of fused-ring (bicyclic) bond motifs is 1. The molecule has 1 atom stereocenters. The largest absolute Gasteiger partial charge is 0.399 e. The molecule has 1 aliphatic heterocycles. The van der Waals surface area contributed by atoms with Crippen LogP contribution in [0.5, 0.6) is 0 Å². The summed E-state index contributed by atoms with van der Waals surface area (Å²) in [5.41, 5.74) is 6.95. The van der Waals surface area contributed by atoms with Crippen molar-refractivity contribution in [2.24, 2.45) is 0 Å². The Morgan fingerprint density at radius 3 is 2.61 bits per heavy atom. The fraction of sp³-hybridized carbons (Fsp3) is 0.385. The number of nitrogen functional groups attached to an aromatic ring is 1. The number of carbonyl (C=O) groups is 2. The smallest absolute Gasteiger partial charge is 0.261 e. The normalized spacial score (nSPS) is 16.0. The van der Waals surface area contributed by atoms with E-state index in [1.54, 1.807) is 25.3 Å². The summed E-state index contributed by atoms with van der Waals surface area (Å²) in [5, 5.41) is 0.